The van der Waals surface area contributed by atoms with Crippen LogP contribution in [-0.2, 0) is 6.42 Å². The van der Waals surface area contributed by atoms with Gasteiger partial charge >= 0.3 is 0 Å². The van der Waals surface area contributed by atoms with Crippen LogP contribution in [0.25, 0.3) is 0 Å². The number of hydrogen-bond acceptors (Lipinski definition) is 4. The number of aromatic nitrogens is 1. The number of rotatable bonds is 5. The van der Waals surface area contributed by atoms with Crippen LogP contribution in [0.1, 0.15) is 57.1 Å². The summed E-state index contributed by atoms with van der Waals surface area (Å²) in [4.78, 5) is 32.2. The first-order chi connectivity index (χ1) is 16.6. The second-order valence-electron chi connectivity index (χ2n) is 8.90. The molecule has 1 fully saturated rings. The van der Waals surface area contributed by atoms with Crippen LogP contribution in [0.15, 0.2) is 67.0 Å². The van der Waals surface area contributed by atoms with E-state index in [0.29, 0.717) is 16.1 Å². The number of anilines is 1. The number of benzene rings is 2. The molecule has 1 aromatic heterocycles. The lowest BCUT2D eigenvalue weighted by Gasteiger charge is -2.33. The van der Waals surface area contributed by atoms with Crippen molar-refractivity contribution >= 4 is 29.1 Å². The summed E-state index contributed by atoms with van der Waals surface area (Å²) in [6.45, 7) is 1.80. The zero-order chi connectivity index (χ0) is 23.5. The van der Waals surface area contributed by atoms with Gasteiger partial charge in [0, 0.05) is 42.8 Å². The van der Waals surface area contributed by atoms with E-state index in [4.69, 9.17) is 11.6 Å². The monoisotopic (exact) mass is 474 g/mol. The number of carbonyl (C=O) groups is 2. The highest BCUT2D eigenvalue weighted by Gasteiger charge is 2.27. The molecule has 2 N–H and O–H groups in total. The minimum Gasteiger partial charge on any atom is -0.371 e. The molecule has 7 heteroatoms. The Labute approximate surface area is 204 Å². The number of nitrogens with zero attached hydrogens (tertiary/aromatic N) is 2. The van der Waals surface area contributed by atoms with E-state index in [1.54, 1.807) is 36.7 Å². The third kappa shape index (κ3) is 4.77. The first-order valence-corrected chi connectivity index (χ1v) is 12.1. The van der Waals surface area contributed by atoms with Crippen molar-refractivity contribution in [2.75, 3.05) is 18.0 Å². The fourth-order valence-corrected chi connectivity index (χ4v) is 5.10. The maximum atomic E-state index is 13.0. The molecule has 2 heterocycles. The Morgan fingerprint density at radius 1 is 0.912 bits per heavy atom. The molecule has 5 rings (SSSR count). The van der Waals surface area contributed by atoms with Crippen LogP contribution < -0.4 is 15.5 Å². The van der Waals surface area contributed by atoms with Crippen molar-refractivity contribution < 1.29 is 9.59 Å². The van der Waals surface area contributed by atoms with Gasteiger partial charge in [0.2, 0.25) is 0 Å². The Balaban J connectivity index is 1.22. The van der Waals surface area contributed by atoms with Crippen molar-refractivity contribution in [1.29, 1.82) is 0 Å². The maximum absolute atomic E-state index is 13.0. The molecule has 0 unspecified atom stereocenters. The van der Waals surface area contributed by atoms with Gasteiger partial charge in [-0.25, -0.2) is 0 Å². The van der Waals surface area contributed by atoms with Crippen molar-refractivity contribution in [3.8, 4) is 0 Å². The number of fused-ring (bicyclic) bond motifs is 1. The summed E-state index contributed by atoms with van der Waals surface area (Å²) in [5, 5.41) is 6.73. The van der Waals surface area contributed by atoms with E-state index in [2.05, 4.69) is 20.5 Å². The fraction of sp³-hybridized carbons (Fsp3) is 0.296. The van der Waals surface area contributed by atoms with Gasteiger partial charge in [0.15, 0.2) is 0 Å². The topological polar surface area (TPSA) is 74.3 Å². The standard InChI is InChI=1S/C27H27ClN4O2/c28-24-4-2-1-3-22(24)27(34)31-25-8-7-18-5-6-19(17-23(18)25)26(33)30-20-11-15-32(16-12-20)21-9-13-29-14-10-21/h1-6,9-10,13-14,17,20,25H,7-8,11-12,15-16H2,(H,30,33)(H,31,34)/t25-/m1/s1. The molecule has 2 amide bonds. The van der Waals surface area contributed by atoms with Gasteiger partial charge in [-0.15, -0.1) is 0 Å². The molecule has 34 heavy (non-hydrogen) atoms. The molecule has 0 spiro atoms. The number of carbonyl (C=O) groups excluding carboxylic acids is 2. The number of aryl methyl sites for hydroxylation is 1. The number of halogens is 1. The molecule has 1 atom stereocenters. The molecule has 1 aliphatic carbocycles. The van der Waals surface area contributed by atoms with E-state index < -0.39 is 0 Å². The minimum atomic E-state index is -0.195. The Hall–Kier alpha value is -3.38. The second kappa shape index (κ2) is 9.85. The van der Waals surface area contributed by atoms with Crippen LogP contribution >= 0.6 is 11.6 Å². The molecule has 174 valence electrons. The van der Waals surface area contributed by atoms with Crippen LogP contribution in [0.3, 0.4) is 0 Å². The fourth-order valence-electron chi connectivity index (χ4n) is 4.88. The van der Waals surface area contributed by atoms with Crippen molar-refractivity contribution in [3.05, 3.63) is 94.3 Å². The first kappa shape index (κ1) is 22.4. The predicted molar refractivity (Wildman–Crippen MR) is 133 cm³/mol. The normalized spacial score (nSPS) is 17.8. The molecule has 6 nitrogen and oxygen atoms in total. The van der Waals surface area contributed by atoms with Crippen LogP contribution in [0.2, 0.25) is 5.02 Å². The van der Waals surface area contributed by atoms with E-state index in [1.165, 1.54) is 11.3 Å². The average Bonchev–Trinajstić information content (AvgIpc) is 3.27. The Bertz CT molecular complexity index is 1190. The number of amides is 2. The summed E-state index contributed by atoms with van der Waals surface area (Å²) in [6.07, 6.45) is 7.09. The molecule has 3 aromatic rings. The lowest BCUT2D eigenvalue weighted by molar-refractivity contribution is 0.0927. The first-order valence-electron chi connectivity index (χ1n) is 11.7. The quantitative estimate of drug-likeness (QED) is 0.569. The zero-order valence-electron chi connectivity index (χ0n) is 18.8. The van der Waals surface area contributed by atoms with Crippen LogP contribution in [-0.4, -0.2) is 35.9 Å². The molecule has 0 radical (unpaired) electrons. The largest absolute Gasteiger partial charge is 0.371 e. The summed E-state index contributed by atoms with van der Waals surface area (Å²) >= 11 is 6.19. The lowest BCUT2D eigenvalue weighted by atomic mass is 10.0. The zero-order valence-corrected chi connectivity index (χ0v) is 19.6. The highest BCUT2D eigenvalue weighted by atomic mass is 35.5. The number of hydrogen-bond donors (Lipinski definition) is 2. The van der Waals surface area contributed by atoms with Crippen molar-refractivity contribution in [1.82, 2.24) is 15.6 Å². The van der Waals surface area contributed by atoms with E-state index in [1.807, 2.05) is 30.3 Å². The molecule has 0 bridgehead atoms. The van der Waals surface area contributed by atoms with Crippen LogP contribution in [0.5, 0.6) is 0 Å². The Morgan fingerprint density at radius 2 is 1.68 bits per heavy atom. The summed E-state index contributed by atoms with van der Waals surface area (Å²) in [7, 11) is 0. The van der Waals surface area contributed by atoms with Gasteiger partial charge in [-0.1, -0.05) is 29.8 Å². The maximum Gasteiger partial charge on any atom is 0.253 e. The van der Waals surface area contributed by atoms with Gasteiger partial charge in [-0.05, 0) is 73.2 Å². The molecule has 1 aliphatic heterocycles. The third-order valence-corrected chi connectivity index (χ3v) is 7.10. The van der Waals surface area contributed by atoms with E-state index in [0.717, 1.165) is 44.3 Å². The van der Waals surface area contributed by atoms with Crippen molar-refractivity contribution in [3.63, 3.8) is 0 Å². The Morgan fingerprint density at radius 3 is 2.44 bits per heavy atom. The van der Waals surface area contributed by atoms with Crippen molar-refractivity contribution in [2.45, 2.75) is 37.8 Å². The smallest absolute Gasteiger partial charge is 0.253 e. The number of nitrogens with one attached hydrogen (secondary N) is 2. The van der Waals surface area contributed by atoms with Gasteiger partial charge in [0.05, 0.1) is 16.6 Å². The third-order valence-electron chi connectivity index (χ3n) is 6.77. The van der Waals surface area contributed by atoms with Gasteiger partial charge in [-0.2, -0.15) is 0 Å². The van der Waals surface area contributed by atoms with Crippen LogP contribution in [0.4, 0.5) is 5.69 Å². The number of pyridine rings is 1. The molecule has 0 saturated carbocycles. The molecular formula is C27H27ClN4O2. The van der Waals surface area contributed by atoms with Crippen LogP contribution in [0, 0.1) is 0 Å². The average molecular weight is 475 g/mol. The van der Waals surface area contributed by atoms with Crippen molar-refractivity contribution in [2.24, 2.45) is 0 Å². The summed E-state index contributed by atoms with van der Waals surface area (Å²) < 4.78 is 0. The van der Waals surface area contributed by atoms with E-state index in [9.17, 15) is 9.59 Å². The van der Waals surface area contributed by atoms with E-state index >= 15 is 0 Å². The highest BCUT2D eigenvalue weighted by molar-refractivity contribution is 6.33. The minimum absolute atomic E-state index is 0.0618. The number of piperidine rings is 1. The molecule has 2 aliphatic rings. The van der Waals surface area contributed by atoms with Gasteiger partial charge in [0.25, 0.3) is 11.8 Å². The highest BCUT2D eigenvalue weighted by Crippen LogP contribution is 2.32. The summed E-state index contributed by atoms with van der Waals surface area (Å²) in [6, 6.07) is 16.9. The van der Waals surface area contributed by atoms with Gasteiger partial charge in [0.1, 0.15) is 0 Å². The summed E-state index contributed by atoms with van der Waals surface area (Å²) in [5.41, 5.74) is 4.45. The Kier molecular flexibility index (Phi) is 6.50. The van der Waals surface area contributed by atoms with Gasteiger partial charge in [-0.3, -0.25) is 14.6 Å². The van der Waals surface area contributed by atoms with Gasteiger partial charge < -0.3 is 15.5 Å². The molecular weight excluding hydrogens is 448 g/mol. The lowest BCUT2D eigenvalue weighted by Crippen LogP contribution is -2.44. The summed E-state index contributed by atoms with van der Waals surface area (Å²) in [5.74, 6) is -0.257. The molecule has 2 aromatic carbocycles. The molecule has 1 saturated heterocycles. The van der Waals surface area contributed by atoms with E-state index in [-0.39, 0.29) is 23.9 Å². The predicted octanol–water partition coefficient (Wildman–Crippen LogP) is 4.55. The SMILES string of the molecule is O=C(NC1CCN(c2ccncc2)CC1)c1ccc2c(c1)[C@H](NC(=O)c1ccccc1Cl)CC2. The second-order valence-corrected chi connectivity index (χ2v) is 9.31.